The molecular formula is C26H25N3O2S. The molecule has 0 fully saturated rings. The maximum Gasteiger partial charge on any atom is 0.161 e. The molecule has 1 aliphatic heterocycles. The fraction of sp³-hybridized carbons (Fsp3) is 0.231. The standard InChI is InChI=1S/C26H25N3O2S/c1-3-13-31-23-10-9-20(14-24(23)30-2)16-28-26-22(15-27)21-11-12-29(18-25(21)32-26)17-19-7-5-4-6-8-19/h3-10,14,16H,1,11-13,17-18H2,2H3. The molecule has 5 nitrogen and oxygen atoms in total. The lowest BCUT2D eigenvalue weighted by atomic mass is 10.0. The van der Waals surface area contributed by atoms with Crippen LogP contribution in [-0.2, 0) is 19.5 Å². The summed E-state index contributed by atoms with van der Waals surface area (Å²) in [5.74, 6) is 1.30. The van der Waals surface area contributed by atoms with Crippen LogP contribution in [0.4, 0.5) is 5.00 Å². The van der Waals surface area contributed by atoms with Crippen LogP contribution in [0.15, 0.2) is 66.2 Å². The molecule has 0 saturated carbocycles. The SMILES string of the molecule is C=CCOc1ccc(C=Nc2sc3c(c2C#N)CCN(Cc2ccccc2)C3)cc1OC. The van der Waals surface area contributed by atoms with Crippen LogP contribution in [0.1, 0.15) is 27.1 Å². The predicted molar refractivity (Wildman–Crippen MR) is 129 cm³/mol. The topological polar surface area (TPSA) is 57.8 Å². The average molecular weight is 444 g/mol. The van der Waals surface area contributed by atoms with Crippen molar-refractivity contribution in [1.29, 1.82) is 5.26 Å². The Labute approximate surface area is 192 Å². The minimum atomic E-state index is 0.414. The van der Waals surface area contributed by atoms with E-state index in [1.54, 1.807) is 30.7 Å². The molecule has 2 aromatic carbocycles. The van der Waals surface area contributed by atoms with Gasteiger partial charge in [-0.15, -0.1) is 11.3 Å². The minimum Gasteiger partial charge on any atom is -0.493 e. The molecule has 0 bridgehead atoms. The van der Waals surface area contributed by atoms with E-state index in [-0.39, 0.29) is 0 Å². The molecule has 0 spiro atoms. The molecule has 0 atom stereocenters. The Morgan fingerprint density at radius 2 is 2.06 bits per heavy atom. The highest BCUT2D eigenvalue weighted by Gasteiger charge is 2.24. The zero-order chi connectivity index (χ0) is 22.3. The van der Waals surface area contributed by atoms with Gasteiger partial charge in [0.05, 0.1) is 12.7 Å². The van der Waals surface area contributed by atoms with Crippen LogP contribution in [0.25, 0.3) is 0 Å². The number of benzene rings is 2. The normalized spacial score (nSPS) is 13.5. The van der Waals surface area contributed by atoms with E-state index in [2.05, 4.69) is 46.8 Å². The summed E-state index contributed by atoms with van der Waals surface area (Å²) in [4.78, 5) is 8.33. The van der Waals surface area contributed by atoms with Crippen LogP contribution in [0.2, 0.25) is 0 Å². The van der Waals surface area contributed by atoms with Gasteiger partial charge in [-0.25, -0.2) is 4.99 Å². The van der Waals surface area contributed by atoms with E-state index in [4.69, 9.17) is 9.47 Å². The first kappa shape index (κ1) is 21.8. The molecule has 1 aromatic heterocycles. The molecule has 1 aliphatic rings. The van der Waals surface area contributed by atoms with Crippen LogP contribution in [0.3, 0.4) is 0 Å². The van der Waals surface area contributed by atoms with Gasteiger partial charge in [0.1, 0.15) is 17.7 Å². The third-order valence-corrected chi connectivity index (χ3v) is 6.48. The first-order chi connectivity index (χ1) is 15.7. The van der Waals surface area contributed by atoms with Gasteiger partial charge in [0.25, 0.3) is 0 Å². The lowest BCUT2D eigenvalue weighted by Crippen LogP contribution is -2.29. The van der Waals surface area contributed by atoms with E-state index in [0.717, 1.165) is 42.2 Å². The summed E-state index contributed by atoms with van der Waals surface area (Å²) in [5.41, 5.74) is 4.05. The van der Waals surface area contributed by atoms with Crippen molar-refractivity contribution in [2.45, 2.75) is 19.5 Å². The number of hydrogen-bond donors (Lipinski definition) is 0. The van der Waals surface area contributed by atoms with Crippen molar-refractivity contribution in [3.63, 3.8) is 0 Å². The molecule has 0 unspecified atom stereocenters. The van der Waals surface area contributed by atoms with Crippen molar-refractivity contribution in [3.8, 4) is 17.6 Å². The summed E-state index contributed by atoms with van der Waals surface area (Å²) >= 11 is 1.62. The molecule has 0 N–H and O–H groups in total. The fourth-order valence-electron chi connectivity index (χ4n) is 3.79. The van der Waals surface area contributed by atoms with E-state index in [1.807, 2.05) is 24.3 Å². The number of hydrogen-bond acceptors (Lipinski definition) is 6. The Bertz CT molecular complexity index is 1160. The van der Waals surface area contributed by atoms with Gasteiger partial charge < -0.3 is 9.47 Å². The van der Waals surface area contributed by atoms with Crippen molar-refractivity contribution in [3.05, 3.63) is 88.3 Å². The van der Waals surface area contributed by atoms with Gasteiger partial charge in [-0.05, 0) is 41.3 Å². The Morgan fingerprint density at radius 3 is 2.81 bits per heavy atom. The van der Waals surface area contributed by atoms with Crippen molar-refractivity contribution >= 4 is 22.6 Å². The van der Waals surface area contributed by atoms with Crippen LogP contribution < -0.4 is 9.47 Å². The first-order valence-corrected chi connectivity index (χ1v) is 11.3. The number of methoxy groups -OCH3 is 1. The third-order valence-electron chi connectivity index (χ3n) is 5.35. The van der Waals surface area contributed by atoms with Gasteiger partial charge in [0.2, 0.25) is 0 Å². The highest BCUT2D eigenvalue weighted by atomic mass is 32.1. The van der Waals surface area contributed by atoms with Crippen molar-refractivity contribution in [2.24, 2.45) is 4.99 Å². The maximum atomic E-state index is 9.79. The maximum absolute atomic E-state index is 9.79. The summed E-state index contributed by atoms with van der Waals surface area (Å²) in [5, 5.41) is 10.6. The van der Waals surface area contributed by atoms with Crippen LogP contribution in [0, 0.1) is 11.3 Å². The first-order valence-electron chi connectivity index (χ1n) is 10.5. The van der Waals surface area contributed by atoms with Gasteiger partial charge in [-0.2, -0.15) is 5.26 Å². The van der Waals surface area contributed by atoms with Crippen molar-refractivity contribution < 1.29 is 9.47 Å². The predicted octanol–water partition coefficient (Wildman–Crippen LogP) is 5.50. The monoisotopic (exact) mass is 443 g/mol. The second kappa shape index (κ2) is 10.3. The molecule has 4 rings (SSSR count). The van der Waals surface area contributed by atoms with E-state index in [1.165, 1.54) is 10.4 Å². The fourth-order valence-corrected chi connectivity index (χ4v) is 4.97. The highest BCUT2D eigenvalue weighted by molar-refractivity contribution is 7.16. The molecule has 2 heterocycles. The number of fused-ring (bicyclic) bond motifs is 1. The Kier molecular flexibility index (Phi) is 7.00. The van der Waals surface area contributed by atoms with E-state index in [9.17, 15) is 5.26 Å². The molecule has 6 heteroatoms. The van der Waals surface area contributed by atoms with E-state index >= 15 is 0 Å². The highest BCUT2D eigenvalue weighted by Crippen LogP contribution is 2.39. The van der Waals surface area contributed by atoms with Crippen LogP contribution in [0.5, 0.6) is 11.5 Å². The quantitative estimate of drug-likeness (QED) is 0.341. The van der Waals surface area contributed by atoms with Crippen molar-refractivity contribution in [2.75, 3.05) is 20.3 Å². The summed E-state index contributed by atoms with van der Waals surface area (Å²) in [6, 6.07) is 18.5. The Morgan fingerprint density at radius 1 is 1.22 bits per heavy atom. The zero-order valence-corrected chi connectivity index (χ0v) is 18.9. The summed E-state index contributed by atoms with van der Waals surface area (Å²) in [6.07, 6.45) is 4.34. The second-order valence-electron chi connectivity index (χ2n) is 7.51. The number of ether oxygens (including phenoxy) is 2. The number of rotatable bonds is 8. The van der Waals surface area contributed by atoms with E-state index in [0.29, 0.717) is 23.7 Å². The molecule has 162 valence electrons. The summed E-state index contributed by atoms with van der Waals surface area (Å²) in [6.45, 7) is 6.79. The van der Waals surface area contributed by atoms with Gasteiger partial charge in [-0.1, -0.05) is 43.0 Å². The Hall–Kier alpha value is -3.40. The summed E-state index contributed by atoms with van der Waals surface area (Å²) in [7, 11) is 1.61. The van der Waals surface area contributed by atoms with Crippen LogP contribution >= 0.6 is 11.3 Å². The molecular weight excluding hydrogens is 418 g/mol. The lowest BCUT2D eigenvalue weighted by molar-refractivity contribution is 0.249. The van der Waals surface area contributed by atoms with Gasteiger partial charge >= 0.3 is 0 Å². The number of nitrogens with zero attached hydrogens (tertiary/aromatic N) is 3. The number of thiophene rings is 1. The van der Waals surface area contributed by atoms with Gasteiger partial charge in [0.15, 0.2) is 11.5 Å². The van der Waals surface area contributed by atoms with Crippen molar-refractivity contribution in [1.82, 2.24) is 4.90 Å². The van der Waals surface area contributed by atoms with Gasteiger partial charge in [-0.3, -0.25) is 4.90 Å². The number of nitriles is 1. The largest absolute Gasteiger partial charge is 0.493 e. The summed E-state index contributed by atoms with van der Waals surface area (Å²) < 4.78 is 11.0. The molecule has 0 radical (unpaired) electrons. The average Bonchev–Trinajstić information content (AvgIpc) is 3.18. The smallest absolute Gasteiger partial charge is 0.161 e. The third kappa shape index (κ3) is 4.91. The minimum absolute atomic E-state index is 0.414. The van der Waals surface area contributed by atoms with Gasteiger partial charge in [0, 0.05) is 30.7 Å². The van der Waals surface area contributed by atoms with E-state index < -0.39 is 0 Å². The molecule has 3 aromatic rings. The lowest BCUT2D eigenvalue weighted by Gasteiger charge is -2.26. The second-order valence-corrected chi connectivity index (χ2v) is 8.59. The zero-order valence-electron chi connectivity index (χ0n) is 18.1. The van der Waals surface area contributed by atoms with Crippen LogP contribution in [-0.4, -0.2) is 31.4 Å². The Balaban J connectivity index is 1.52. The molecule has 0 aliphatic carbocycles. The molecule has 32 heavy (non-hydrogen) atoms. The molecule has 0 saturated heterocycles. The number of aliphatic imine (C=N–C) groups is 1. The molecule has 0 amide bonds.